The highest BCUT2D eigenvalue weighted by Crippen LogP contribution is 2.33. The number of aromatic nitrogens is 1. The van der Waals surface area contributed by atoms with Crippen LogP contribution in [0.1, 0.15) is 5.69 Å². The SMILES string of the molecule is O=C(CN1C(=O)S/C(=C\c2cccn2-c2ccc3ccccc3c2)C1=O)Nc1cccc(Cl)c1. The molecule has 0 unspecified atom stereocenters. The molecule has 4 aromatic rings. The van der Waals surface area contributed by atoms with E-state index in [0.717, 1.165) is 38.8 Å². The highest BCUT2D eigenvalue weighted by Gasteiger charge is 2.36. The van der Waals surface area contributed by atoms with Crippen LogP contribution in [-0.2, 0) is 9.59 Å². The van der Waals surface area contributed by atoms with Crippen molar-refractivity contribution in [3.05, 3.63) is 101 Å². The zero-order valence-corrected chi connectivity index (χ0v) is 19.3. The molecule has 5 rings (SSSR count). The lowest BCUT2D eigenvalue weighted by Crippen LogP contribution is -2.36. The van der Waals surface area contributed by atoms with Gasteiger partial charge in [-0.3, -0.25) is 19.3 Å². The van der Waals surface area contributed by atoms with Gasteiger partial charge in [-0.15, -0.1) is 0 Å². The van der Waals surface area contributed by atoms with Gasteiger partial charge < -0.3 is 9.88 Å². The van der Waals surface area contributed by atoms with Crippen molar-refractivity contribution in [1.29, 1.82) is 0 Å². The van der Waals surface area contributed by atoms with Gasteiger partial charge in [0.05, 0.1) is 4.91 Å². The first-order valence-electron chi connectivity index (χ1n) is 10.5. The Kier molecular flexibility index (Phi) is 5.96. The van der Waals surface area contributed by atoms with Crippen LogP contribution in [0.15, 0.2) is 90.0 Å². The van der Waals surface area contributed by atoms with E-state index in [4.69, 9.17) is 11.6 Å². The number of carbonyl (C=O) groups excluding carboxylic acids is 3. The molecule has 1 fully saturated rings. The number of amides is 3. The largest absolute Gasteiger partial charge is 0.324 e. The lowest BCUT2D eigenvalue weighted by molar-refractivity contribution is -0.127. The van der Waals surface area contributed by atoms with Crippen molar-refractivity contribution >= 4 is 63.0 Å². The zero-order valence-electron chi connectivity index (χ0n) is 17.8. The number of benzene rings is 3. The van der Waals surface area contributed by atoms with Crippen molar-refractivity contribution in [2.45, 2.75) is 0 Å². The summed E-state index contributed by atoms with van der Waals surface area (Å²) in [5.74, 6) is -0.979. The summed E-state index contributed by atoms with van der Waals surface area (Å²) >= 11 is 6.76. The smallest absolute Gasteiger partial charge is 0.294 e. The monoisotopic (exact) mass is 487 g/mol. The first-order valence-corrected chi connectivity index (χ1v) is 11.6. The maximum Gasteiger partial charge on any atom is 0.294 e. The molecule has 1 aliphatic heterocycles. The van der Waals surface area contributed by atoms with Crippen molar-refractivity contribution in [3.63, 3.8) is 0 Å². The molecule has 1 aliphatic rings. The lowest BCUT2D eigenvalue weighted by atomic mass is 10.1. The summed E-state index contributed by atoms with van der Waals surface area (Å²) in [6, 6.07) is 24.6. The second kappa shape index (κ2) is 9.21. The summed E-state index contributed by atoms with van der Waals surface area (Å²) in [5.41, 5.74) is 2.19. The molecule has 0 spiro atoms. The number of anilines is 1. The quantitative estimate of drug-likeness (QED) is 0.353. The van der Waals surface area contributed by atoms with E-state index in [0.29, 0.717) is 10.7 Å². The Morgan fingerprint density at radius 1 is 0.941 bits per heavy atom. The van der Waals surface area contributed by atoms with E-state index < -0.39 is 17.1 Å². The number of hydrogen-bond donors (Lipinski definition) is 1. The molecule has 34 heavy (non-hydrogen) atoms. The average molecular weight is 488 g/mol. The first kappa shape index (κ1) is 22.0. The summed E-state index contributed by atoms with van der Waals surface area (Å²) < 4.78 is 1.95. The van der Waals surface area contributed by atoms with Gasteiger partial charge in [-0.2, -0.15) is 0 Å². The molecule has 0 bridgehead atoms. The van der Waals surface area contributed by atoms with E-state index >= 15 is 0 Å². The summed E-state index contributed by atoms with van der Waals surface area (Å²) in [4.78, 5) is 39.0. The Hall–Kier alpha value is -3.81. The van der Waals surface area contributed by atoms with Crippen LogP contribution in [-0.4, -0.2) is 33.1 Å². The van der Waals surface area contributed by atoms with E-state index in [1.54, 1.807) is 30.3 Å². The first-order chi connectivity index (χ1) is 16.5. The number of halogens is 1. The highest BCUT2D eigenvalue weighted by molar-refractivity contribution is 8.18. The maximum absolute atomic E-state index is 12.9. The standard InChI is InChI=1S/C26H18ClN3O3S/c27-19-7-3-8-20(14-19)28-24(31)16-30-25(32)23(34-26(30)33)15-21-9-4-12-29(21)22-11-10-17-5-1-2-6-18(17)13-22/h1-15H,16H2,(H,28,31)/b23-15-. The molecule has 6 nitrogen and oxygen atoms in total. The molecule has 2 heterocycles. The molecular weight excluding hydrogens is 470 g/mol. The minimum absolute atomic E-state index is 0.265. The summed E-state index contributed by atoms with van der Waals surface area (Å²) in [7, 11) is 0. The Labute approximate surface area is 204 Å². The summed E-state index contributed by atoms with van der Waals surface area (Å²) in [5, 5.41) is 4.88. The van der Waals surface area contributed by atoms with Gasteiger partial charge in [-0.25, -0.2) is 0 Å². The number of nitrogens with zero attached hydrogens (tertiary/aromatic N) is 2. The number of thioether (sulfide) groups is 1. The number of rotatable bonds is 5. The van der Waals surface area contributed by atoms with Crippen molar-refractivity contribution < 1.29 is 14.4 Å². The van der Waals surface area contributed by atoms with Crippen molar-refractivity contribution in [2.75, 3.05) is 11.9 Å². The van der Waals surface area contributed by atoms with Crippen molar-refractivity contribution in [3.8, 4) is 5.69 Å². The van der Waals surface area contributed by atoms with Gasteiger partial charge in [-0.1, -0.05) is 48.0 Å². The van der Waals surface area contributed by atoms with Crippen LogP contribution >= 0.6 is 23.4 Å². The maximum atomic E-state index is 12.9. The Bertz CT molecular complexity index is 1480. The molecule has 1 N–H and O–H groups in total. The molecule has 0 saturated carbocycles. The Morgan fingerprint density at radius 2 is 1.76 bits per heavy atom. The van der Waals surface area contributed by atoms with Gasteiger partial charge in [0.1, 0.15) is 6.54 Å². The fourth-order valence-corrected chi connectivity index (χ4v) is 4.77. The van der Waals surface area contributed by atoms with Crippen LogP contribution in [0.3, 0.4) is 0 Å². The molecule has 168 valence electrons. The fraction of sp³-hybridized carbons (Fsp3) is 0.0385. The second-order valence-corrected chi connectivity index (χ2v) is 9.09. The van der Waals surface area contributed by atoms with E-state index in [-0.39, 0.29) is 11.4 Å². The Balaban J connectivity index is 1.35. The minimum atomic E-state index is -0.498. The normalized spacial score (nSPS) is 14.9. The topological polar surface area (TPSA) is 71.4 Å². The molecular formula is C26H18ClN3O3S. The van der Waals surface area contributed by atoms with Crippen LogP contribution < -0.4 is 5.32 Å². The van der Waals surface area contributed by atoms with Gasteiger partial charge in [0.15, 0.2) is 0 Å². The molecule has 8 heteroatoms. The molecule has 3 amide bonds. The number of nitrogens with one attached hydrogen (secondary N) is 1. The van der Waals surface area contributed by atoms with E-state index in [9.17, 15) is 14.4 Å². The van der Waals surface area contributed by atoms with Crippen LogP contribution in [0, 0.1) is 0 Å². The molecule has 0 radical (unpaired) electrons. The number of hydrogen-bond acceptors (Lipinski definition) is 4. The van der Waals surface area contributed by atoms with Crippen LogP contribution in [0.25, 0.3) is 22.5 Å². The minimum Gasteiger partial charge on any atom is -0.324 e. The fourth-order valence-electron chi connectivity index (χ4n) is 3.75. The second-order valence-electron chi connectivity index (χ2n) is 7.66. The van der Waals surface area contributed by atoms with E-state index in [1.807, 2.05) is 59.3 Å². The third-order valence-corrected chi connectivity index (χ3v) is 6.50. The van der Waals surface area contributed by atoms with Crippen molar-refractivity contribution in [2.24, 2.45) is 0 Å². The van der Waals surface area contributed by atoms with E-state index in [1.165, 1.54) is 0 Å². The predicted molar refractivity (Wildman–Crippen MR) is 136 cm³/mol. The third kappa shape index (κ3) is 4.48. The van der Waals surface area contributed by atoms with Gasteiger partial charge in [-0.05, 0) is 71.1 Å². The summed E-state index contributed by atoms with van der Waals surface area (Å²) in [6.07, 6.45) is 3.58. The average Bonchev–Trinajstić information content (AvgIpc) is 3.39. The van der Waals surface area contributed by atoms with E-state index in [2.05, 4.69) is 11.4 Å². The molecule has 1 saturated heterocycles. The molecule has 0 aliphatic carbocycles. The van der Waals surface area contributed by atoms with Gasteiger partial charge in [0, 0.05) is 28.3 Å². The molecule has 1 aromatic heterocycles. The number of fused-ring (bicyclic) bond motifs is 1. The van der Waals surface area contributed by atoms with Gasteiger partial charge in [0.2, 0.25) is 5.91 Å². The zero-order chi connectivity index (χ0) is 23.7. The summed E-state index contributed by atoms with van der Waals surface area (Å²) in [6.45, 7) is -0.375. The number of imide groups is 1. The van der Waals surface area contributed by atoms with Crippen LogP contribution in [0.4, 0.5) is 10.5 Å². The van der Waals surface area contributed by atoms with Crippen LogP contribution in [0.2, 0.25) is 5.02 Å². The van der Waals surface area contributed by atoms with Crippen LogP contribution in [0.5, 0.6) is 0 Å². The molecule has 3 aromatic carbocycles. The number of carbonyl (C=O) groups is 3. The van der Waals surface area contributed by atoms with Gasteiger partial charge in [0.25, 0.3) is 11.1 Å². The lowest BCUT2D eigenvalue weighted by Gasteiger charge is -2.12. The van der Waals surface area contributed by atoms with Crippen molar-refractivity contribution in [1.82, 2.24) is 9.47 Å². The third-order valence-electron chi connectivity index (χ3n) is 5.35. The highest BCUT2D eigenvalue weighted by atomic mass is 35.5. The predicted octanol–water partition coefficient (Wildman–Crippen LogP) is 5.96. The molecule has 0 atom stereocenters. The Morgan fingerprint density at radius 3 is 2.59 bits per heavy atom. The van der Waals surface area contributed by atoms with Gasteiger partial charge >= 0.3 is 0 Å².